The molecule has 0 amide bonds. The largest absolute Gasteiger partial charge is 0.478 e. The molecule has 0 fully saturated rings. The lowest BCUT2D eigenvalue weighted by molar-refractivity contribution is -0.385. The molecule has 0 bridgehead atoms. The van der Waals surface area contributed by atoms with E-state index in [1.54, 1.807) is 0 Å². The van der Waals surface area contributed by atoms with Gasteiger partial charge in [-0.05, 0) is 30.3 Å². The first-order valence-corrected chi connectivity index (χ1v) is 7.23. The van der Waals surface area contributed by atoms with Crippen LogP contribution >= 0.6 is 0 Å². The highest BCUT2D eigenvalue weighted by Crippen LogP contribution is 2.22. The summed E-state index contributed by atoms with van der Waals surface area (Å²) in [5.41, 5.74) is -0.411. The Morgan fingerprint density at radius 1 is 1.14 bits per heavy atom. The second-order valence-corrected chi connectivity index (χ2v) is 5.67. The molecule has 0 aromatic heterocycles. The molecular weight excluding hydrogens is 314 g/mol. The van der Waals surface area contributed by atoms with Crippen LogP contribution in [-0.2, 0) is 10.1 Å². The standard InChI is InChI=1S/C13H9NO7S/c15-13(16)9-4-6-11(7-5-9)21-22(19,20)12-3-1-2-10(8-12)14(17)18/h1-8H,(H,15,16). The summed E-state index contributed by atoms with van der Waals surface area (Å²) < 4.78 is 28.9. The minimum absolute atomic E-state index is 0.0277. The Morgan fingerprint density at radius 2 is 1.77 bits per heavy atom. The van der Waals surface area contributed by atoms with E-state index in [-0.39, 0.29) is 21.9 Å². The molecular formula is C13H9NO7S. The van der Waals surface area contributed by atoms with Crippen molar-refractivity contribution >= 4 is 21.8 Å². The van der Waals surface area contributed by atoms with Crippen LogP contribution in [0.2, 0.25) is 0 Å². The summed E-state index contributed by atoms with van der Waals surface area (Å²) in [5.74, 6) is -1.26. The molecule has 1 N–H and O–H groups in total. The van der Waals surface area contributed by atoms with Crippen molar-refractivity contribution in [2.45, 2.75) is 4.90 Å². The highest BCUT2D eigenvalue weighted by atomic mass is 32.2. The highest BCUT2D eigenvalue weighted by molar-refractivity contribution is 7.87. The third-order valence-electron chi connectivity index (χ3n) is 2.62. The van der Waals surface area contributed by atoms with Gasteiger partial charge in [0, 0.05) is 12.1 Å². The predicted octanol–water partition coefficient (Wildman–Crippen LogP) is 2.06. The molecule has 0 saturated carbocycles. The van der Waals surface area contributed by atoms with E-state index >= 15 is 0 Å². The van der Waals surface area contributed by atoms with Crippen molar-refractivity contribution < 1.29 is 27.4 Å². The quantitative estimate of drug-likeness (QED) is 0.507. The van der Waals surface area contributed by atoms with Gasteiger partial charge in [-0.2, -0.15) is 8.42 Å². The predicted molar refractivity (Wildman–Crippen MR) is 74.3 cm³/mol. The van der Waals surface area contributed by atoms with E-state index in [1.165, 1.54) is 30.3 Å². The number of benzene rings is 2. The maximum absolute atomic E-state index is 12.0. The number of rotatable bonds is 5. The Bertz CT molecular complexity index is 828. The van der Waals surface area contributed by atoms with Crippen LogP contribution in [0, 0.1) is 10.1 Å². The second-order valence-electron chi connectivity index (χ2n) is 4.12. The van der Waals surface area contributed by atoms with E-state index in [1.807, 2.05) is 0 Å². The maximum atomic E-state index is 12.0. The molecule has 0 unspecified atom stereocenters. The number of non-ortho nitro benzene ring substituents is 1. The Kier molecular flexibility index (Phi) is 4.08. The minimum Gasteiger partial charge on any atom is -0.478 e. The molecule has 114 valence electrons. The molecule has 0 atom stereocenters. The average molecular weight is 323 g/mol. The lowest BCUT2D eigenvalue weighted by Gasteiger charge is -2.07. The summed E-state index contributed by atoms with van der Waals surface area (Å²) in [6, 6.07) is 9.13. The fourth-order valence-corrected chi connectivity index (χ4v) is 2.55. The molecule has 0 saturated heterocycles. The molecule has 0 heterocycles. The normalized spacial score (nSPS) is 10.9. The van der Waals surface area contributed by atoms with Crippen LogP contribution in [0.15, 0.2) is 53.4 Å². The smallest absolute Gasteiger partial charge is 0.339 e. The lowest BCUT2D eigenvalue weighted by atomic mass is 10.2. The summed E-state index contributed by atoms with van der Waals surface area (Å²) in [7, 11) is -4.25. The van der Waals surface area contributed by atoms with E-state index in [4.69, 9.17) is 9.29 Å². The topological polar surface area (TPSA) is 124 Å². The van der Waals surface area contributed by atoms with Crippen LogP contribution < -0.4 is 4.18 Å². The zero-order valence-corrected chi connectivity index (χ0v) is 11.7. The van der Waals surface area contributed by atoms with Gasteiger partial charge >= 0.3 is 16.1 Å². The van der Waals surface area contributed by atoms with Crippen molar-refractivity contribution in [1.82, 2.24) is 0 Å². The number of hydrogen-bond acceptors (Lipinski definition) is 6. The summed E-state index contributed by atoms with van der Waals surface area (Å²) in [5, 5.41) is 19.4. The molecule has 9 heteroatoms. The summed E-state index contributed by atoms with van der Waals surface area (Å²) in [4.78, 5) is 20.3. The molecule has 0 spiro atoms. The Morgan fingerprint density at radius 3 is 2.32 bits per heavy atom. The number of carboxylic acids is 1. The summed E-state index contributed by atoms with van der Waals surface area (Å²) in [6.07, 6.45) is 0. The van der Waals surface area contributed by atoms with Crippen molar-refractivity contribution in [3.05, 3.63) is 64.2 Å². The van der Waals surface area contributed by atoms with Crippen molar-refractivity contribution in [3.63, 3.8) is 0 Å². The number of nitro benzene ring substituents is 1. The van der Waals surface area contributed by atoms with E-state index < -0.39 is 21.0 Å². The lowest BCUT2D eigenvalue weighted by Crippen LogP contribution is -2.10. The number of nitrogens with zero attached hydrogens (tertiary/aromatic N) is 1. The number of hydrogen-bond donors (Lipinski definition) is 1. The third kappa shape index (κ3) is 3.38. The fraction of sp³-hybridized carbons (Fsp3) is 0. The molecule has 2 aromatic carbocycles. The van der Waals surface area contributed by atoms with Gasteiger partial charge in [0.2, 0.25) is 0 Å². The summed E-state index contributed by atoms with van der Waals surface area (Å²) >= 11 is 0. The van der Waals surface area contributed by atoms with E-state index in [2.05, 4.69) is 0 Å². The van der Waals surface area contributed by atoms with Gasteiger partial charge in [0.15, 0.2) is 0 Å². The van der Waals surface area contributed by atoms with Crippen LogP contribution in [0.4, 0.5) is 5.69 Å². The van der Waals surface area contributed by atoms with Crippen molar-refractivity contribution in [3.8, 4) is 5.75 Å². The zero-order valence-electron chi connectivity index (χ0n) is 10.9. The van der Waals surface area contributed by atoms with Gasteiger partial charge < -0.3 is 9.29 Å². The Balaban J connectivity index is 2.29. The van der Waals surface area contributed by atoms with Gasteiger partial charge in [0.1, 0.15) is 10.6 Å². The third-order valence-corrected chi connectivity index (χ3v) is 3.87. The zero-order chi connectivity index (χ0) is 16.3. The van der Waals surface area contributed by atoms with Gasteiger partial charge in [-0.15, -0.1) is 0 Å². The Hall–Kier alpha value is -2.94. The van der Waals surface area contributed by atoms with Crippen LogP contribution in [0.1, 0.15) is 10.4 Å². The van der Waals surface area contributed by atoms with Crippen LogP contribution in [0.5, 0.6) is 5.75 Å². The molecule has 8 nitrogen and oxygen atoms in total. The molecule has 0 radical (unpaired) electrons. The number of nitro groups is 1. The van der Waals surface area contributed by atoms with Gasteiger partial charge in [0.25, 0.3) is 5.69 Å². The second kappa shape index (κ2) is 5.82. The molecule has 2 aromatic rings. The number of aromatic carboxylic acids is 1. The van der Waals surface area contributed by atoms with Crippen LogP contribution in [0.25, 0.3) is 0 Å². The highest BCUT2D eigenvalue weighted by Gasteiger charge is 2.20. The van der Waals surface area contributed by atoms with Crippen molar-refractivity contribution in [2.75, 3.05) is 0 Å². The first kappa shape index (κ1) is 15.4. The Labute approximate surface area is 124 Å². The monoisotopic (exact) mass is 323 g/mol. The van der Waals surface area contributed by atoms with Gasteiger partial charge in [-0.1, -0.05) is 6.07 Å². The molecule has 2 rings (SSSR count). The van der Waals surface area contributed by atoms with Crippen LogP contribution in [0.3, 0.4) is 0 Å². The van der Waals surface area contributed by atoms with E-state index in [0.717, 1.165) is 18.2 Å². The maximum Gasteiger partial charge on any atom is 0.339 e. The number of carboxylic acid groups (broad SMARTS) is 1. The first-order valence-electron chi connectivity index (χ1n) is 5.82. The van der Waals surface area contributed by atoms with Gasteiger partial charge in [-0.25, -0.2) is 4.79 Å². The van der Waals surface area contributed by atoms with Gasteiger partial charge in [-0.3, -0.25) is 10.1 Å². The molecule has 0 aliphatic heterocycles. The van der Waals surface area contributed by atoms with Crippen LogP contribution in [-0.4, -0.2) is 24.4 Å². The minimum atomic E-state index is -4.25. The summed E-state index contributed by atoms with van der Waals surface area (Å²) in [6.45, 7) is 0. The first-order chi connectivity index (χ1) is 10.3. The molecule has 0 aliphatic rings. The van der Waals surface area contributed by atoms with Gasteiger partial charge in [0.05, 0.1) is 10.5 Å². The SMILES string of the molecule is O=C(O)c1ccc(OS(=O)(=O)c2cccc([N+](=O)[O-])c2)cc1. The van der Waals surface area contributed by atoms with E-state index in [0.29, 0.717) is 0 Å². The average Bonchev–Trinajstić information content (AvgIpc) is 2.47. The molecule has 0 aliphatic carbocycles. The van der Waals surface area contributed by atoms with Crippen molar-refractivity contribution in [2.24, 2.45) is 0 Å². The fourth-order valence-electron chi connectivity index (χ4n) is 1.58. The van der Waals surface area contributed by atoms with Crippen molar-refractivity contribution in [1.29, 1.82) is 0 Å². The molecule has 22 heavy (non-hydrogen) atoms. The number of carbonyl (C=O) groups is 1. The van der Waals surface area contributed by atoms with E-state index in [9.17, 15) is 23.3 Å².